The number of anilines is 1. The minimum Gasteiger partial charge on any atom is -0.380 e. The van der Waals surface area contributed by atoms with Gasteiger partial charge in [0.15, 0.2) is 0 Å². The minimum atomic E-state index is 0.599. The van der Waals surface area contributed by atoms with Crippen molar-refractivity contribution >= 4 is 17.3 Å². The maximum absolute atomic E-state index is 6.00. The molecule has 0 amide bonds. The van der Waals surface area contributed by atoms with Crippen LogP contribution in [0.2, 0.25) is 5.02 Å². The van der Waals surface area contributed by atoms with E-state index in [1.54, 1.807) is 12.4 Å². The van der Waals surface area contributed by atoms with Gasteiger partial charge in [-0.1, -0.05) is 24.4 Å². The van der Waals surface area contributed by atoms with Crippen molar-refractivity contribution in [2.24, 2.45) is 0 Å². The molecule has 0 aliphatic heterocycles. The molecule has 0 unspecified atom stereocenters. The third kappa shape index (κ3) is 2.13. The fraction of sp³-hybridized carbons (Fsp3) is 0.500. The fourth-order valence-electron chi connectivity index (χ4n) is 1.77. The molecule has 1 aliphatic rings. The normalized spacial score (nSPS) is 17.6. The van der Waals surface area contributed by atoms with Crippen LogP contribution < -0.4 is 5.32 Å². The Kier molecular flexibility index (Phi) is 2.69. The van der Waals surface area contributed by atoms with Gasteiger partial charge in [-0.3, -0.25) is 4.98 Å². The third-order valence-corrected chi connectivity index (χ3v) is 2.81. The highest BCUT2D eigenvalue weighted by Crippen LogP contribution is 2.25. The van der Waals surface area contributed by atoms with E-state index in [1.807, 2.05) is 6.07 Å². The zero-order chi connectivity index (χ0) is 9.10. The smallest absolute Gasteiger partial charge is 0.0718 e. The van der Waals surface area contributed by atoms with Gasteiger partial charge >= 0.3 is 0 Å². The highest BCUT2D eigenvalue weighted by Gasteiger charge is 2.15. The number of aromatic nitrogens is 1. The zero-order valence-electron chi connectivity index (χ0n) is 7.46. The van der Waals surface area contributed by atoms with Gasteiger partial charge in [-0.2, -0.15) is 0 Å². The summed E-state index contributed by atoms with van der Waals surface area (Å²) in [6.07, 6.45) is 8.67. The molecule has 1 fully saturated rings. The van der Waals surface area contributed by atoms with Crippen molar-refractivity contribution in [3.05, 3.63) is 23.5 Å². The van der Waals surface area contributed by atoms with Crippen molar-refractivity contribution in [1.29, 1.82) is 0 Å². The standard InChI is InChI=1S/C10H13ClN2/c11-9-5-6-12-7-10(9)13-8-3-1-2-4-8/h5-8,13H,1-4H2. The second kappa shape index (κ2) is 3.97. The molecule has 2 rings (SSSR count). The van der Waals surface area contributed by atoms with Crippen LogP contribution in [0.1, 0.15) is 25.7 Å². The van der Waals surface area contributed by atoms with Crippen molar-refractivity contribution in [3.63, 3.8) is 0 Å². The van der Waals surface area contributed by atoms with Crippen LogP contribution >= 0.6 is 11.6 Å². The lowest BCUT2D eigenvalue weighted by molar-refractivity contribution is 0.755. The van der Waals surface area contributed by atoms with Crippen LogP contribution in [0.3, 0.4) is 0 Å². The highest BCUT2D eigenvalue weighted by atomic mass is 35.5. The summed E-state index contributed by atoms with van der Waals surface area (Å²) < 4.78 is 0. The van der Waals surface area contributed by atoms with E-state index in [0.29, 0.717) is 6.04 Å². The molecule has 0 aromatic carbocycles. The Bertz CT molecular complexity index is 282. The molecule has 0 spiro atoms. The summed E-state index contributed by atoms with van der Waals surface area (Å²) in [6, 6.07) is 2.42. The molecule has 1 heterocycles. The summed E-state index contributed by atoms with van der Waals surface area (Å²) in [4.78, 5) is 4.04. The summed E-state index contributed by atoms with van der Waals surface area (Å²) in [5, 5.41) is 4.18. The first-order chi connectivity index (χ1) is 6.36. The molecule has 1 aromatic heterocycles. The van der Waals surface area contributed by atoms with Crippen LogP contribution in [0.15, 0.2) is 18.5 Å². The second-order valence-corrected chi connectivity index (χ2v) is 3.89. The lowest BCUT2D eigenvalue weighted by atomic mass is 10.2. The van der Waals surface area contributed by atoms with Gasteiger partial charge in [-0.15, -0.1) is 0 Å². The Morgan fingerprint density at radius 3 is 2.85 bits per heavy atom. The lowest BCUT2D eigenvalue weighted by Crippen LogP contribution is -2.14. The Labute approximate surface area is 83.3 Å². The van der Waals surface area contributed by atoms with Gasteiger partial charge in [-0.05, 0) is 18.9 Å². The lowest BCUT2D eigenvalue weighted by Gasteiger charge is -2.13. The molecular formula is C10H13ClN2. The summed E-state index contributed by atoms with van der Waals surface area (Å²) in [5.74, 6) is 0. The summed E-state index contributed by atoms with van der Waals surface area (Å²) >= 11 is 6.00. The van der Waals surface area contributed by atoms with E-state index >= 15 is 0 Å². The Morgan fingerprint density at radius 2 is 2.15 bits per heavy atom. The Balaban J connectivity index is 2.04. The van der Waals surface area contributed by atoms with Gasteiger partial charge in [0.25, 0.3) is 0 Å². The largest absolute Gasteiger partial charge is 0.380 e. The molecule has 0 saturated heterocycles. The molecule has 3 heteroatoms. The van der Waals surface area contributed by atoms with Crippen molar-refractivity contribution < 1.29 is 0 Å². The number of pyridine rings is 1. The van der Waals surface area contributed by atoms with Gasteiger partial charge in [0, 0.05) is 12.2 Å². The van der Waals surface area contributed by atoms with Crippen LogP contribution in [-0.2, 0) is 0 Å². The monoisotopic (exact) mass is 196 g/mol. The van der Waals surface area contributed by atoms with Crippen LogP contribution in [0, 0.1) is 0 Å². The molecule has 70 valence electrons. The van der Waals surface area contributed by atoms with E-state index in [-0.39, 0.29) is 0 Å². The van der Waals surface area contributed by atoms with Crippen LogP contribution in [-0.4, -0.2) is 11.0 Å². The van der Waals surface area contributed by atoms with E-state index in [1.165, 1.54) is 25.7 Å². The van der Waals surface area contributed by atoms with E-state index in [9.17, 15) is 0 Å². The Hall–Kier alpha value is -0.760. The number of hydrogen-bond acceptors (Lipinski definition) is 2. The molecule has 13 heavy (non-hydrogen) atoms. The number of hydrogen-bond donors (Lipinski definition) is 1. The van der Waals surface area contributed by atoms with E-state index in [2.05, 4.69) is 10.3 Å². The van der Waals surface area contributed by atoms with E-state index in [0.717, 1.165) is 10.7 Å². The molecule has 1 N–H and O–H groups in total. The van der Waals surface area contributed by atoms with Crippen LogP contribution in [0.5, 0.6) is 0 Å². The van der Waals surface area contributed by atoms with Crippen LogP contribution in [0.25, 0.3) is 0 Å². The van der Waals surface area contributed by atoms with Crippen LogP contribution in [0.4, 0.5) is 5.69 Å². The van der Waals surface area contributed by atoms with E-state index < -0.39 is 0 Å². The zero-order valence-corrected chi connectivity index (χ0v) is 8.22. The third-order valence-electron chi connectivity index (χ3n) is 2.48. The van der Waals surface area contributed by atoms with E-state index in [4.69, 9.17) is 11.6 Å². The average Bonchev–Trinajstić information content (AvgIpc) is 2.61. The first-order valence-electron chi connectivity index (χ1n) is 4.72. The van der Waals surface area contributed by atoms with Gasteiger partial charge < -0.3 is 5.32 Å². The van der Waals surface area contributed by atoms with Gasteiger partial charge in [0.1, 0.15) is 0 Å². The van der Waals surface area contributed by atoms with Gasteiger partial charge in [-0.25, -0.2) is 0 Å². The maximum Gasteiger partial charge on any atom is 0.0718 e. The molecule has 1 aromatic rings. The van der Waals surface area contributed by atoms with Crippen molar-refractivity contribution in [2.75, 3.05) is 5.32 Å². The number of nitrogens with zero attached hydrogens (tertiary/aromatic N) is 1. The first kappa shape index (κ1) is 8.82. The first-order valence-corrected chi connectivity index (χ1v) is 5.10. The Morgan fingerprint density at radius 1 is 1.38 bits per heavy atom. The fourth-order valence-corrected chi connectivity index (χ4v) is 1.93. The van der Waals surface area contributed by atoms with Gasteiger partial charge in [0.05, 0.1) is 16.9 Å². The molecular weight excluding hydrogens is 184 g/mol. The molecule has 0 atom stereocenters. The predicted octanol–water partition coefficient (Wildman–Crippen LogP) is 3.09. The molecule has 0 bridgehead atoms. The second-order valence-electron chi connectivity index (χ2n) is 3.48. The topological polar surface area (TPSA) is 24.9 Å². The molecule has 1 saturated carbocycles. The maximum atomic E-state index is 6.00. The summed E-state index contributed by atoms with van der Waals surface area (Å²) in [6.45, 7) is 0. The summed E-state index contributed by atoms with van der Waals surface area (Å²) in [5.41, 5.74) is 0.969. The number of halogens is 1. The van der Waals surface area contributed by atoms with Crippen molar-refractivity contribution in [2.45, 2.75) is 31.7 Å². The molecule has 1 aliphatic carbocycles. The quantitative estimate of drug-likeness (QED) is 0.787. The number of rotatable bonds is 2. The average molecular weight is 197 g/mol. The van der Waals surface area contributed by atoms with Crippen molar-refractivity contribution in [3.8, 4) is 0 Å². The molecule has 0 radical (unpaired) electrons. The SMILES string of the molecule is Clc1ccncc1NC1CCCC1. The predicted molar refractivity (Wildman–Crippen MR) is 55.1 cm³/mol. The van der Waals surface area contributed by atoms with Crippen molar-refractivity contribution in [1.82, 2.24) is 4.98 Å². The minimum absolute atomic E-state index is 0.599. The highest BCUT2D eigenvalue weighted by molar-refractivity contribution is 6.33. The molecule has 2 nitrogen and oxygen atoms in total. The van der Waals surface area contributed by atoms with Gasteiger partial charge in [0.2, 0.25) is 0 Å². The summed E-state index contributed by atoms with van der Waals surface area (Å²) in [7, 11) is 0. The number of nitrogens with one attached hydrogen (secondary N) is 1.